The molecule has 118 valence electrons. The Bertz CT molecular complexity index is 776. The minimum absolute atomic E-state index is 0.00892. The number of nitrogens with zero attached hydrogens (tertiary/aromatic N) is 2. The van der Waals surface area contributed by atoms with Gasteiger partial charge in [0.1, 0.15) is 12.0 Å². The van der Waals surface area contributed by atoms with E-state index in [1.54, 1.807) is 6.26 Å². The predicted molar refractivity (Wildman–Crippen MR) is 88.3 cm³/mol. The Balaban J connectivity index is 1.57. The molecular formula is C19H20N2O2. The lowest BCUT2D eigenvalue weighted by Crippen LogP contribution is -2.22. The molecular weight excluding hydrogens is 288 g/mol. The molecule has 0 aliphatic carbocycles. The third-order valence-corrected chi connectivity index (χ3v) is 4.32. The second-order valence-electron chi connectivity index (χ2n) is 5.91. The van der Waals surface area contributed by atoms with Crippen LogP contribution in [0.1, 0.15) is 23.1 Å². The monoisotopic (exact) mass is 308 g/mol. The molecule has 0 amide bonds. The van der Waals surface area contributed by atoms with E-state index in [4.69, 9.17) is 9.15 Å². The van der Waals surface area contributed by atoms with E-state index >= 15 is 0 Å². The lowest BCUT2D eigenvalue weighted by molar-refractivity contribution is 0.0258. The zero-order chi connectivity index (χ0) is 15.6. The molecule has 3 heterocycles. The van der Waals surface area contributed by atoms with Crippen molar-refractivity contribution in [3.05, 3.63) is 78.0 Å². The summed E-state index contributed by atoms with van der Waals surface area (Å²) in [6.45, 7) is 4.57. The highest BCUT2D eigenvalue weighted by atomic mass is 16.5. The van der Waals surface area contributed by atoms with Gasteiger partial charge in [-0.25, -0.2) is 0 Å². The van der Waals surface area contributed by atoms with Crippen LogP contribution in [0.5, 0.6) is 0 Å². The quantitative estimate of drug-likeness (QED) is 0.732. The molecule has 4 heteroatoms. The zero-order valence-corrected chi connectivity index (χ0v) is 13.2. The van der Waals surface area contributed by atoms with E-state index < -0.39 is 0 Å². The highest BCUT2D eigenvalue weighted by Gasteiger charge is 2.28. The Morgan fingerprint density at radius 2 is 2.04 bits per heavy atom. The van der Waals surface area contributed by atoms with Crippen LogP contribution in [0.2, 0.25) is 0 Å². The minimum Gasteiger partial charge on any atom is -0.468 e. The molecule has 1 aliphatic rings. The van der Waals surface area contributed by atoms with E-state index in [1.165, 1.54) is 16.8 Å². The molecule has 23 heavy (non-hydrogen) atoms. The normalized spacial score (nSPS) is 18.6. The number of para-hydroxylation sites is 1. The maximum Gasteiger partial charge on any atom is 0.138 e. The third kappa shape index (κ3) is 2.83. The van der Waals surface area contributed by atoms with Crippen molar-refractivity contribution in [1.82, 2.24) is 9.47 Å². The summed E-state index contributed by atoms with van der Waals surface area (Å²) >= 11 is 0. The maximum absolute atomic E-state index is 5.95. The van der Waals surface area contributed by atoms with Gasteiger partial charge in [0.2, 0.25) is 0 Å². The van der Waals surface area contributed by atoms with Gasteiger partial charge in [-0.3, -0.25) is 4.90 Å². The summed E-state index contributed by atoms with van der Waals surface area (Å²) in [6, 6.07) is 14.5. The Morgan fingerprint density at radius 1 is 1.13 bits per heavy atom. The summed E-state index contributed by atoms with van der Waals surface area (Å²) in [5, 5.41) is 0. The molecule has 3 aromatic rings. The van der Waals surface area contributed by atoms with Crippen molar-refractivity contribution in [3.63, 3.8) is 0 Å². The van der Waals surface area contributed by atoms with Crippen molar-refractivity contribution in [2.45, 2.75) is 19.7 Å². The number of benzene rings is 1. The van der Waals surface area contributed by atoms with Crippen LogP contribution in [0.3, 0.4) is 0 Å². The molecule has 4 nitrogen and oxygen atoms in total. The molecule has 0 radical (unpaired) electrons. The first kappa shape index (κ1) is 14.3. The van der Waals surface area contributed by atoms with Crippen LogP contribution in [-0.4, -0.2) is 22.6 Å². The van der Waals surface area contributed by atoms with Gasteiger partial charge in [0.15, 0.2) is 0 Å². The van der Waals surface area contributed by atoms with Gasteiger partial charge in [-0.15, -0.1) is 0 Å². The van der Waals surface area contributed by atoms with Crippen molar-refractivity contribution in [2.75, 3.05) is 13.2 Å². The van der Waals surface area contributed by atoms with Crippen LogP contribution in [0.4, 0.5) is 0 Å². The van der Waals surface area contributed by atoms with Crippen LogP contribution >= 0.6 is 0 Å². The maximum atomic E-state index is 5.95. The van der Waals surface area contributed by atoms with Crippen LogP contribution in [0, 0.1) is 6.92 Å². The second kappa shape index (κ2) is 6.07. The minimum atomic E-state index is -0.00892. The van der Waals surface area contributed by atoms with Gasteiger partial charge >= 0.3 is 0 Å². The summed E-state index contributed by atoms with van der Waals surface area (Å²) < 4.78 is 13.6. The van der Waals surface area contributed by atoms with Crippen molar-refractivity contribution in [2.24, 2.45) is 0 Å². The van der Waals surface area contributed by atoms with Crippen LogP contribution in [-0.2, 0) is 11.3 Å². The first-order valence-corrected chi connectivity index (χ1v) is 7.93. The van der Waals surface area contributed by atoms with E-state index in [0.29, 0.717) is 0 Å². The molecule has 1 atom stereocenters. The summed E-state index contributed by atoms with van der Waals surface area (Å²) in [5.41, 5.74) is 3.64. The zero-order valence-electron chi connectivity index (χ0n) is 13.2. The van der Waals surface area contributed by atoms with Gasteiger partial charge in [0.25, 0.3) is 0 Å². The first-order chi connectivity index (χ1) is 11.3. The summed E-state index contributed by atoms with van der Waals surface area (Å²) in [6.07, 6.45) is 5.97. The number of rotatable bonds is 4. The van der Waals surface area contributed by atoms with E-state index in [0.717, 1.165) is 25.5 Å². The molecule has 1 saturated heterocycles. The van der Waals surface area contributed by atoms with Crippen molar-refractivity contribution < 1.29 is 9.15 Å². The lowest BCUT2D eigenvalue weighted by Gasteiger charge is -2.21. The fraction of sp³-hybridized carbons (Fsp3) is 0.263. The predicted octanol–water partition coefficient (Wildman–Crippen LogP) is 3.91. The van der Waals surface area contributed by atoms with E-state index in [-0.39, 0.29) is 6.23 Å². The molecule has 1 unspecified atom stereocenters. The van der Waals surface area contributed by atoms with E-state index in [2.05, 4.69) is 59.1 Å². The molecule has 4 rings (SSSR count). The van der Waals surface area contributed by atoms with E-state index in [1.807, 2.05) is 12.1 Å². The van der Waals surface area contributed by atoms with Gasteiger partial charge in [0, 0.05) is 30.2 Å². The Hall–Kier alpha value is -2.30. The number of aryl methyl sites for hydroxylation is 1. The standard InChI is InChI=1S/C19H20N2O2/c1-15-5-2-3-7-18(15)20-9-8-16(13-20)19-21(10-12-23-19)14-17-6-4-11-22-17/h2-9,11,13,19H,10,12,14H2,1H3. The number of furan rings is 1. The first-order valence-electron chi connectivity index (χ1n) is 7.93. The number of ether oxygens (including phenoxy) is 1. The average Bonchev–Trinajstić information content (AvgIpc) is 3.28. The van der Waals surface area contributed by atoms with E-state index in [9.17, 15) is 0 Å². The van der Waals surface area contributed by atoms with Gasteiger partial charge < -0.3 is 13.7 Å². The fourth-order valence-corrected chi connectivity index (χ4v) is 3.14. The smallest absolute Gasteiger partial charge is 0.138 e. The summed E-state index contributed by atoms with van der Waals surface area (Å²) in [7, 11) is 0. The van der Waals surface area contributed by atoms with Gasteiger partial charge in [-0.2, -0.15) is 0 Å². The lowest BCUT2D eigenvalue weighted by atomic mass is 10.2. The van der Waals surface area contributed by atoms with Crippen molar-refractivity contribution >= 4 is 0 Å². The third-order valence-electron chi connectivity index (χ3n) is 4.32. The SMILES string of the molecule is Cc1ccccc1-n1ccc(C2OCCN2Cc2ccco2)c1. The van der Waals surface area contributed by atoms with Gasteiger partial charge in [-0.05, 0) is 36.8 Å². The van der Waals surface area contributed by atoms with Crippen LogP contribution in [0.15, 0.2) is 65.5 Å². The fourth-order valence-electron chi connectivity index (χ4n) is 3.14. The largest absolute Gasteiger partial charge is 0.468 e. The number of hydrogen-bond acceptors (Lipinski definition) is 3. The Labute approximate surface area is 135 Å². The van der Waals surface area contributed by atoms with Gasteiger partial charge in [-0.1, -0.05) is 18.2 Å². The number of aromatic nitrogens is 1. The molecule has 0 bridgehead atoms. The van der Waals surface area contributed by atoms with Gasteiger partial charge in [0.05, 0.1) is 19.4 Å². The van der Waals surface area contributed by atoms with Crippen LogP contribution in [0.25, 0.3) is 5.69 Å². The molecule has 2 aromatic heterocycles. The number of hydrogen-bond donors (Lipinski definition) is 0. The molecule has 0 N–H and O–H groups in total. The Kier molecular flexibility index (Phi) is 3.77. The van der Waals surface area contributed by atoms with Crippen molar-refractivity contribution in [3.8, 4) is 5.69 Å². The summed E-state index contributed by atoms with van der Waals surface area (Å²) in [4.78, 5) is 2.30. The summed E-state index contributed by atoms with van der Waals surface area (Å²) in [5.74, 6) is 0.971. The molecule has 1 aromatic carbocycles. The molecule has 1 aliphatic heterocycles. The highest BCUT2D eigenvalue weighted by Crippen LogP contribution is 2.29. The average molecular weight is 308 g/mol. The highest BCUT2D eigenvalue weighted by molar-refractivity contribution is 5.41. The molecule has 1 fully saturated rings. The van der Waals surface area contributed by atoms with Crippen molar-refractivity contribution in [1.29, 1.82) is 0 Å². The Morgan fingerprint density at radius 3 is 2.87 bits per heavy atom. The topological polar surface area (TPSA) is 30.5 Å². The molecule has 0 spiro atoms. The molecule has 0 saturated carbocycles. The second-order valence-corrected chi connectivity index (χ2v) is 5.91. The van der Waals surface area contributed by atoms with Crippen LogP contribution < -0.4 is 0 Å².